The van der Waals surface area contributed by atoms with Crippen LogP contribution in [0.25, 0.3) is 0 Å². The molecule has 3 rings (SSSR count). The Labute approximate surface area is 130 Å². The molecule has 0 spiro atoms. The number of carbonyl (C=O) groups excluding carboxylic acids is 1. The number of hydrogen-bond acceptors (Lipinski definition) is 3. The first kappa shape index (κ1) is 14.3. The first-order valence-electron chi connectivity index (χ1n) is 7.34. The molecule has 0 bridgehead atoms. The molecule has 22 heavy (non-hydrogen) atoms. The number of hydrogen-bond donors (Lipinski definition) is 1. The quantitative estimate of drug-likeness (QED) is 0.864. The molecule has 1 unspecified atom stereocenters. The van der Waals surface area contributed by atoms with Crippen LogP contribution in [-0.2, 0) is 4.79 Å². The van der Waals surface area contributed by atoms with Gasteiger partial charge in [0.15, 0.2) is 0 Å². The number of aryl methyl sites for hydroxylation is 1. The summed E-state index contributed by atoms with van der Waals surface area (Å²) in [6.45, 7) is 3.61. The van der Waals surface area contributed by atoms with Crippen LogP contribution in [0.2, 0.25) is 0 Å². The number of carbonyl (C=O) groups is 1. The SMILES string of the molecule is CC(=O)N1N=C(c2ccc(N)cc2)CC1c1ccc(C)cc1. The molecule has 2 N–H and O–H groups in total. The average Bonchev–Trinajstić information content (AvgIpc) is 2.94. The van der Waals surface area contributed by atoms with Crippen molar-refractivity contribution in [1.29, 1.82) is 0 Å². The summed E-state index contributed by atoms with van der Waals surface area (Å²) in [6, 6.07) is 15.8. The largest absolute Gasteiger partial charge is 0.399 e. The first-order chi connectivity index (χ1) is 10.5. The highest BCUT2D eigenvalue weighted by atomic mass is 16.2. The molecule has 0 aliphatic carbocycles. The molecule has 1 amide bonds. The zero-order valence-corrected chi connectivity index (χ0v) is 12.8. The van der Waals surface area contributed by atoms with Gasteiger partial charge in [-0.15, -0.1) is 0 Å². The molecule has 1 atom stereocenters. The van der Waals surface area contributed by atoms with Gasteiger partial charge in [-0.05, 0) is 30.2 Å². The van der Waals surface area contributed by atoms with Crippen LogP contribution in [-0.4, -0.2) is 16.6 Å². The minimum absolute atomic E-state index is 0.0364. The van der Waals surface area contributed by atoms with Crippen molar-refractivity contribution < 1.29 is 4.79 Å². The smallest absolute Gasteiger partial charge is 0.240 e. The highest BCUT2D eigenvalue weighted by Crippen LogP contribution is 2.32. The molecule has 0 aromatic heterocycles. The summed E-state index contributed by atoms with van der Waals surface area (Å²) >= 11 is 0. The number of amides is 1. The van der Waals surface area contributed by atoms with Gasteiger partial charge in [-0.3, -0.25) is 4.79 Å². The fourth-order valence-electron chi connectivity index (χ4n) is 2.70. The maximum atomic E-state index is 11.9. The second kappa shape index (κ2) is 5.64. The van der Waals surface area contributed by atoms with E-state index in [-0.39, 0.29) is 11.9 Å². The van der Waals surface area contributed by atoms with Crippen LogP contribution in [0, 0.1) is 6.92 Å². The standard InChI is InChI=1S/C18H19N3O/c1-12-3-5-15(6-4-12)18-11-17(20-21(18)13(2)22)14-7-9-16(19)10-8-14/h3-10,18H,11,19H2,1-2H3. The van der Waals surface area contributed by atoms with Crippen LogP contribution >= 0.6 is 0 Å². The first-order valence-corrected chi connectivity index (χ1v) is 7.34. The van der Waals surface area contributed by atoms with E-state index in [1.165, 1.54) is 5.56 Å². The summed E-state index contributed by atoms with van der Waals surface area (Å²) < 4.78 is 0. The Morgan fingerprint density at radius 1 is 1.14 bits per heavy atom. The highest BCUT2D eigenvalue weighted by molar-refractivity contribution is 6.03. The second-order valence-electron chi connectivity index (χ2n) is 5.66. The summed E-state index contributed by atoms with van der Waals surface area (Å²) in [5.41, 5.74) is 10.7. The topological polar surface area (TPSA) is 58.7 Å². The fraction of sp³-hybridized carbons (Fsp3) is 0.222. The molecule has 4 heteroatoms. The lowest BCUT2D eigenvalue weighted by Crippen LogP contribution is -2.24. The van der Waals surface area contributed by atoms with Crippen LogP contribution in [0.4, 0.5) is 5.69 Å². The van der Waals surface area contributed by atoms with Gasteiger partial charge in [0, 0.05) is 19.0 Å². The normalized spacial score (nSPS) is 17.5. The molecule has 2 aromatic carbocycles. The third-order valence-corrected chi connectivity index (χ3v) is 3.94. The van der Waals surface area contributed by atoms with E-state index in [4.69, 9.17) is 5.73 Å². The van der Waals surface area contributed by atoms with Gasteiger partial charge in [0.05, 0.1) is 11.8 Å². The van der Waals surface area contributed by atoms with E-state index in [9.17, 15) is 4.79 Å². The van der Waals surface area contributed by atoms with Gasteiger partial charge in [-0.2, -0.15) is 5.10 Å². The molecular formula is C18H19N3O. The molecule has 112 valence electrons. The van der Waals surface area contributed by atoms with E-state index in [2.05, 4.69) is 36.3 Å². The van der Waals surface area contributed by atoms with Crippen molar-refractivity contribution in [2.24, 2.45) is 5.10 Å². The Morgan fingerprint density at radius 3 is 2.36 bits per heavy atom. The van der Waals surface area contributed by atoms with Crippen LogP contribution < -0.4 is 5.73 Å². The Bertz CT molecular complexity index is 717. The number of nitrogen functional groups attached to an aromatic ring is 1. The third kappa shape index (κ3) is 2.72. The van der Waals surface area contributed by atoms with Crippen molar-refractivity contribution in [3.05, 3.63) is 65.2 Å². The molecule has 2 aromatic rings. The second-order valence-corrected chi connectivity index (χ2v) is 5.66. The zero-order valence-electron chi connectivity index (χ0n) is 12.8. The molecule has 1 aliphatic rings. The van der Waals surface area contributed by atoms with E-state index in [1.807, 2.05) is 24.3 Å². The molecular weight excluding hydrogens is 274 g/mol. The number of hydrazone groups is 1. The number of nitrogens with two attached hydrogens (primary N) is 1. The predicted molar refractivity (Wildman–Crippen MR) is 88.4 cm³/mol. The summed E-state index contributed by atoms with van der Waals surface area (Å²) in [5.74, 6) is -0.0454. The van der Waals surface area contributed by atoms with E-state index < -0.39 is 0 Å². The minimum atomic E-state index is -0.0454. The molecule has 0 saturated carbocycles. The minimum Gasteiger partial charge on any atom is -0.399 e. The molecule has 0 fully saturated rings. The Morgan fingerprint density at radius 2 is 1.77 bits per heavy atom. The van der Waals surface area contributed by atoms with Crippen molar-refractivity contribution in [3.8, 4) is 0 Å². The van der Waals surface area contributed by atoms with Crippen LogP contribution in [0.15, 0.2) is 53.6 Å². The fourth-order valence-corrected chi connectivity index (χ4v) is 2.70. The lowest BCUT2D eigenvalue weighted by molar-refractivity contribution is -0.130. The summed E-state index contributed by atoms with van der Waals surface area (Å²) in [5, 5.41) is 6.11. The number of nitrogens with zero attached hydrogens (tertiary/aromatic N) is 2. The van der Waals surface area contributed by atoms with Crippen molar-refractivity contribution >= 4 is 17.3 Å². The van der Waals surface area contributed by atoms with Gasteiger partial charge < -0.3 is 5.73 Å². The maximum absolute atomic E-state index is 11.9. The van der Waals surface area contributed by atoms with Gasteiger partial charge >= 0.3 is 0 Å². The van der Waals surface area contributed by atoms with Crippen molar-refractivity contribution in [2.45, 2.75) is 26.3 Å². The molecule has 1 aliphatic heterocycles. The van der Waals surface area contributed by atoms with Gasteiger partial charge in [0.2, 0.25) is 5.91 Å². The number of anilines is 1. The van der Waals surface area contributed by atoms with Gasteiger partial charge in [-0.1, -0.05) is 42.0 Å². The van der Waals surface area contributed by atoms with Gasteiger partial charge in [0.1, 0.15) is 0 Å². The van der Waals surface area contributed by atoms with Gasteiger partial charge in [0.25, 0.3) is 0 Å². The monoisotopic (exact) mass is 293 g/mol. The van der Waals surface area contributed by atoms with Crippen LogP contribution in [0.5, 0.6) is 0 Å². The van der Waals surface area contributed by atoms with Gasteiger partial charge in [-0.25, -0.2) is 5.01 Å². The van der Waals surface area contributed by atoms with E-state index in [0.29, 0.717) is 6.42 Å². The lowest BCUT2D eigenvalue weighted by atomic mass is 9.97. The maximum Gasteiger partial charge on any atom is 0.240 e. The zero-order chi connectivity index (χ0) is 15.7. The Balaban J connectivity index is 1.92. The molecule has 4 nitrogen and oxygen atoms in total. The number of rotatable bonds is 2. The summed E-state index contributed by atoms with van der Waals surface area (Å²) in [7, 11) is 0. The summed E-state index contributed by atoms with van der Waals surface area (Å²) in [4.78, 5) is 11.9. The Hall–Kier alpha value is -2.62. The van der Waals surface area contributed by atoms with Crippen LogP contribution in [0.1, 0.15) is 36.1 Å². The van der Waals surface area contributed by atoms with E-state index >= 15 is 0 Å². The van der Waals surface area contributed by atoms with Crippen molar-refractivity contribution in [3.63, 3.8) is 0 Å². The highest BCUT2D eigenvalue weighted by Gasteiger charge is 2.31. The lowest BCUT2D eigenvalue weighted by Gasteiger charge is -2.20. The van der Waals surface area contributed by atoms with E-state index in [0.717, 1.165) is 22.5 Å². The van der Waals surface area contributed by atoms with Crippen molar-refractivity contribution in [1.82, 2.24) is 5.01 Å². The summed E-state index contributed by atoms with van der Waals surface area (Å²) in [6.07, 6.45) is 0.715. The predicted octanol–water partition coefficient (Wildman–Crippen LogP) is 3.27. The molecule has 1 heterocycles. The molecule has 0 radical (unpaired) electrons. The Kier molecular flexibility index (Phi) is 3.67. The number of benzene rings is 2. The van der Waals surface area contributed by atoms with E-state index in [1.54, 1.807) is 11.9 Å². The van der Waals surface area contributed by atoms with Crippen LogP contribution in [0.3, 0.4) is 0 Å². The average molecular weight is 293 g/mol. The third-order valence-electron chi connectivity index (χ3n) is 3.94. The molecule has 0 saturated heterocycles. The van der Waals surface area contributed by atoms with Crippen molar-refractivity contribution in [2.75, 3.05) is 5.73 Å².